The third-order valence-corrected chi connectivity index (χ3v) is 4.31. The second-order valence-corrected chi connectivity index (χ2v) is 6.16. The first-order valence-corrected chi connectivity index (χ1v) is 8.58. The Balaban J connectivity index is 1.36. The molecule has 0 spiro atoms. The molecule has 1 aliphatic heterocycles. The third-order valence-electron chi connectivity index (χ3n) is 4.31. The van der Waals surface area contributed by atoms with Crippen molar-refractivity contribution in [1.29, 1.82) is 0 Å². The molecule has 136 valence electrons. The number of furan rings is 1. The molecule has 3 heterocycles. The summed E-state index contributed by atoms with van der Waals surface area (Å²) < 4.78 is 18.9. The van der Waals surface area contributed by atoms with Crippen LogP contribution < -0.4 is 10.1 Å². The van der Waals surface area contributed by atoms with Gasteiger partial charge < -0.3 is 24.3 Å². The first kappa shape index (κ1) is 16.8. The number of aliphatic hydroxyl groups excluding tert-OH is 1. The van der Waals surface area contributed by atoms with Gasteiger partial charge in [0.1, 0.15) is 24.2 Å². The number of hydrogen-bond acceptors (Lipinski definition) is 6. The minimum atomic E-state index is -0.101. The number of rotatable bonds is 7. The van der Waals surface area contributed by atoms with Crippen LogP contribution in [-0.2, 0) is 17.9 Å². The van der Waals surface area contributed by atoms with Gasteiger partial charge in [0, 0.05) is 0 Å². The van der Waals surface area contributed by atoms with Gasteiger partial charge in [-0.1, -0.05) is 18.2 Å². The van der Waals surface area contributed by atoms with Crippen molar-refractivity contribution in [3.05, 3.63) is 66.4 Å². The fourth-order valence-electron chi connectivity index (χ4n) is 2.94. The molecule has 4 rings (SSSR count). The van der Waals surface area contributed by atoms with E-state index in [1.807, 2.05) is 42.6 Å². The second kappa shape index (κ2) is 7.74. The predicted molar refractivity (Wildman–Crippen MR) is 94.1 cm³/mol. The first-order valence-electron chi connectivity index (χ1n) is 8.58. The van der Waals surface area contributed by atoms with Gasteiger partial charge in [0.05, 0.1) is 43.9 Å². The lowest BCUT2D eigenvalue weighted by Crippen LogP contribution is -2.41. The highest BCUT2D eigenvalue weighted by Gasteiger charge is 2.30. The molecule has 1 fully saturated rings. The Labute approximate surface area is 151 Å². The summed E-state index contributed by atoms with van der Waals surface area (Å²) in [6.07, 6.45) is 3.48. The van der Waals surface area contributed by atoms with E-state index < -0.39 is 0 Å². The molecule has 0 unspecified atom stereocenters. The van der Waals surface area contributed by atoms with Crippen molar-refractivity contribution in [1.82, 2.24) is 15.1 Å². The standard InChI is InChI=1S/C19H21N3O4/c23-11-16-7-6-15(25-16)8-20-18-12-24-13-19(18)26-17-9-21-22(10-17)14-4-2-1-3-5-14/h1-7,9-10,18-20,23H,8,11-13H2/t18-,19+/m0/s1. The van der Waals surface area contributed by atoms with Gasteiger partial charge in [-0.15, -0.1) is 0 Å². The molecule has 3 aromatic rings. The summed E-state index contributed by atoms with van der Waals surface area (Å²) in [7, 11) is 0. The zero-order valence-electron chi connectivity index (χ0n) is 14.2. The number of hydrogen-bond donors (Lipinski definition) is 2. The van der Waals surface area contributed by atoms with Crippen molar-refractivity contribution in [3.63, 3.8) is 0 Å². The highest BCUT2D eigenvalue weighted by atomic mass is 16.5. The van der Waals surface area contributed by atoms with Crippen molar-refractivity contribution < 1.29 is 19.0 Å². The van der Waals surface area contributed by atoms with Gasteiger partial charge in [-0.25, -0.2) is 4.68 Å². The molecule has 0 amide bonds. The molecule has 0 aliphatic carbocycles. The normalized spacial score (nSPS) is 19.7. The Kier molecular flexibility index (Phi) is 5.01. The number of para-hydroxylation sites is 1. The number of aromatic nitrogens is 2. The van der Waals surface area contributed by atoms with Gasteiger partial charge in [-0.05, 0) is 24.3 Å². The zero-order chi connectivity index (χ0) is 17.8. The zero-order valence-corrected chi connectivity index (χ0v) is 14.2. The van der Waals surface area contributed by atoms with Crippen molar-refractivity contribution in [3.8, 4) is 11.4 Å². The van der Waals surface area contributed by atoms with Crippen LogP contribution in [0.1, 0.15) is 11.5 Å². The Bertz CT molecular complexity index is 830. The Morgan fingerprint density at radius 1 is 1.15 bits per heavy atom. The van der Waals surface area contributed by atoms with E-state index in [0.29, 0.717) is 31.3 Å². The quantitative estimate of drug-likeness (QED) is 0.674. The molecule has 1 aromatic carbocycles. The molecule has 7 nitrogen and oxygen atoms in total. The summed E-state index contributed by atoms with van der Waals surface area (Å²) >= 11 is 0. The number of nitrogens with zero attached hydrogens (tertiary/aromatic N) is 2. The van der Waals surface area contributed by atoms with Crippen LogP contribution in [0.15, 0.2) is 59.3 Å². The molecular weight excluding hydrogens is 334 g/mol. The van der Waals surface area contributed by atoms with Crippen molar-refractivity contribution >= 4 is 0 Å². The van der Waals surface area contributed by atoms with Crippen molar-refractivity contribution in [2.24, 2.45) is 0 Å². The number of ether oxygens (including phenoxy) is 2. The summed E-state index contributed by atoms with van der Waals surface area (Å²) in [4.78, 5) is 0. The van der Waals surface area contributed by atoms with Crippen LogP contribution in [0.3, 0.4) is 0 Å². The maximum atomic E-state index is 9.06. The van der Waals surface area contributed by atoms with Crippen LogP contribution in [0.25, 0.3) is 5.69 Å². The van der Waals surface area contributed by atoms with E-state index in [0.717, 1.165) is 11.4 Å². The van der Waals surface area contributed by atoms with E-state index in [1.165, 1.54) is 0 Å². The van der Waals surface area contributed by atoms with Crippen LogP contribution in [-0.4, -0.2) is 40.2 Å². The van der Waals surface area contributed by atoms with Gasteiger partial charge in [0.25, 0.3) is 0 Å². The van der Waals surface area contributed by atoms with Gasteiger partial charge >= 0.3 is 0 Å². The van der Waals surface area contributed by atoms with E-state index in [4.69, 9.17) is 19.0 Å². The fourth-order valence-corrected chi connectivity index (χ4v) is 2.94. The van der Waals surface area contributed by atoms with Crippen molar-refractivity contribution in [2.45, 2.75) is 25.3 Å². The molecule has 26 heavy (non-hydrogen) atoms. The van der Waals surface area contributed by atoms with Crippen LogP contribution in [0.5, 0.6) is 5.75 Å². The van der Waals surface area contributed by atoms with Crippen LogP contribution in [0.2, 0.25) is 0 Å². The maximum Gasteiger partial charge on any atom is 0.158 e. The summed E-state index contributed by atoms with van der Waals surface area (Å²) in [6.45, 7) is 1.56. The predicted octanol–water partition coefficient (Wildman–Crippen LogP) is 1.89. The lowest BCUT2D eigenvalue weighted by Gasteiger charge is -2.19. The molecule has 1 saturated heterocycles. The summed E-state index contributed by atoms with van der Waals surface area (Å²) in [6, 6.07) is 13.6. The molecule has 2 aromatic heterocycles. The second-order valence-electron chi connectivity index (χ2n) is 6.16. The minimum Gasteiger partial charge on any atom is -0.483 e. The monoisotopic (exact) mass is 355 g/mol. The van der Waals surface area contributed by atoms with Crippen molar-refractivity contribution in [2.75, 3.05) is 13.2 Å². The average molecular weight is 355 g/mol. The highest BCUT2D eigenvalue weighted by molar-refractivity contribution is 5.32. The lowest BCUT2D eigenvalue weighted by atomic mass is 10.2. The number of nitrogens with one attached hydrogen (secondary N) is 1. The van der Waals surface area contributed by atoms with E-state index in [9.17, 15) is 0 Å². The van der Waals surface area contributed by atoms with Gasteiger partial charge in [-0.2, -0.15) is 5.10 Å². The maximum absolute atomic E-state index is 9.06. The number of benzene rings is 1. The Hall–Kier alpha value is -2.61. The highest BCUT2D eigenvalue weighted by Crippen LogP contribution is 2.19. The third kappa shape index (κ3) is 3.80. The van der Waals surface area contributed by atoms with E-state index >= 15 is 0 Å². The van der Waals surface area contributed by atoms with Crippen LogP contribution in [0.4, 0.5) is 0 Å². The van der Waals surface area contributed by atoms with E-state index in [-0.39, 0.29) is 18.8 Å². The Morgan fingerprint density at radius 2 is 2.00 bits per heavy atom. The largest absolute Gasteiger partial charge is 0.483 e. The molecule has 1 aliphatic rings. The molecule has 0 bridgehead atoms. The topological polar surface area (TPSA) is 81.7 Å². The number of aliphatic hydroxyl groups is 1. The van der Waals surface area contributed by atoms with E-state index in [1.54, 1.807) is 16.9 Å². The van der Waals surface area contributed by atoms with Gasteiger partial charge in [0.2, 0.25) is 0 Å². The summed E-state index contributed by atoms with van der Waals surface area (Å²) in [5.74, 6) is 2.04. The molecular formula is C19H21N3O4. The molecule has 2 atom stereocenters. The molecule has 2 N–H and O–H groups in total. The molecule has 0 saturated carbocycles. The lowest BCUT2D eigenvalue weighted by molar-refractivity contribution is 0.139. The van der Waals surface area contributed by atoms with Crippen LogP contribution >= 0.6 is 0 Å². The SMILES string of the molecule is OCc1ccc(CN[C@H]2COC[C@H]2Oc2cnn(-c3ccccc3)c2)o1. The molecule has 7 heteroatoms. The smallest absolute Gasteiger partial charge is 0.158 e. The fraction of sp³-hybridized carbons (Fsp3) is 0.316. The first-order chi connectivity index (χ1) is 12.8. The average Bonchev–Trinajstić information content (AvgIpc) is 3.42. The Morgan fingerprint density at radius 3 is 2.81 bits per heavy atom. The minimum absolute atomic E-state index is 0.0535. The van der Waals surface area contributed by atoms with Gasteiger partial charge in [-0.3, -0.25) is 0 Å². The molecule has 0 radical (unpaired) electrons. The van der Waals surface area contributed by atoms with Gasteiger partial charge in [0.15, 0.2) is 5.75 Å². The summed E-state index contributed by atoms with van der Waals surface area (Å²) in [5.41, 5.74) is 0.984. The van der Waals surface area contributed by atoms with E-state index in [2.05, 4.69) is 10.4 Å². The van der Waals surface area contributed by atoms with Crippen LogP contribution in [0, 0.1) is 0 Å². The summed E-state index contributed by atoms with van der Waals surface area (Å²) in [5, 5.41) is 16.8.